The summed E-state index contributed by atoms with van der Waals surface area (Å²) in [5.41, 5.74) is 2.20. The lowest BCUT2D eigenvalue weighted by Gasteiger charge is -2.42. The summed E-state index contributed by atoms with van der Waals surface area (Å²) in [6.45, 7) is 6.02. The average Bonchev–Trinajstić information content (AvgIpc) is 2.86. The summed E-state index contributed by atoms with van der Waals surface area (Å²) in [6.07, 6.45) is 15.1. The van der Waals surface area contributed by atoms with Crippen LogP contribution in [0, 0.1) is 23.6 Å². The van der Waals surface area contributed by atoms with E-state index in [1.165, 1.54) is 56.6 Å². The third kappa shape index (κ3) is 6.17. The minimum absolute atomic E-state index is 0.265. The minimum Gasteiger partial charge on any atom is -0.423 e. The van der Waals surface area contributed by atoms with E-state index in [0.29, 0.717) is 5.75 Å². The number of hydrogen-bond donors (Lipinski definition) is 0. The van der Waals surface area contributed by atoms with Crippen molar-refractivity contribution < 1.29 is 13.9 Å². The molecule has 0 heterocycles. The maximum absolute atomic E-state index is 15.1. The Labute approximate surface area is 204 Å². The topological polar surface area (TPSA) is 26.3 Å². The van der Waals surface area contributed by atoms with Gasteiger partial charge in [-0.05, 0) is 104 Å². The van der Waals surface area contributed by atoms with Crippen LogP contribution in [0.1, 0.15) is 98.5 Å². The van der Waals surface area contributed by atoms with Crippen molar-refractivity contribution in [3.8, 4) is 5.75 Å². The first-order chi connectivity index (χ1) is 16.6. The predicted octanol–water partition coefficient (Wildman–Crippen LogP) is 8.65. The van der Waals surface area contributed by atoms with E-state index in [9.17, 15) is 4.79 Å². The molecule has 2 aliphatic carbocycles. The maximum Gasteiger partial charge on any atom is 0.343 e. The van der Waals surface area contributed by atoms with Gasteiger partial charge in [-0.3, -0.25) is 0 Å². The summed E-state index contributed by atoms with van der Waals surface area (Å²) in [6, 6.07) is 12.4. The van der Waals surface area contributed by atoms with Crippen molar-refractivity contribution in [2.45, 2.75) is 83.5 Å². The minimum atomic E-state index is -0.515. The van der Waals surface area contributed by atoms with Crippen molar-refractivity contribution in [3.63, 3.8) is 0 Å². The highest BCUT2D eigenvalue weighted by molar-refractivity contribution is 5.91. The van der Waals surface area contributed by atoms with Gasteiger partial charge in [0.25, 0.3) is 0 Å². The summed E-state index contributed by atoms with van der Waals surface area (Å²) in [7, 11) is 0. The number of carbonyl (C=O) groups excluding carboxylic acids is 1. The second-order valence-corrected chi connectivity index (χ2v) is 10.4. The molecule has 4 rings (SSSR count). The van der Waals surface area contributed by atoms with Crippen LogP contribution in [0.15, 0.2) is 55.1 Å². The number of esters is 1. The molecule has 0 radical (unpaired) electrons. The lowest BCUT2D eigenvalue weighted by atomic mass is 9.63. The molecule has 0 saturated heterocycles. The van der Waals surface area contributed by atoms with Gasteiger partial charge in [-0.2, -0.15) is 0 Å². The fourth-order valence-electron chi connectivity index (χ4n) is 6.17. The highest BCUT2D eigenvalue weighted by Gasteiger charge is 2.36. The van der Waals surface area contributed by atoms with Gasteiger partial charge >= 0.3 is 5.97 Å². The monoisotopic (exact) mass is 462 g/mol. The molecular weight excluding hydrogens is 423 g/mol. The molecule has 2 aliphatic rings. The van der Waals surface area contributed by atoms with Gasteiger partial charge in [0, 0.05) is 0 Å². The molecular formula is C31H39FO2. The molecule has 34 heavy (non-hydrogen) atoms. The van der Waals surface area contributed by atoms with Crippen molar-refractivity contribution >= 4 is 5.97 Å². The third-order valence-electron chi connectivity index (χ3n) is 8.13. The Kier molecular flexibility index (Phi) is 8.59. The van der Waals surface area contributed by atoms with E-state index in [2.05, 4.69) is 13.5 Å². The number of aryl methyl sites for hydroxylation is 1. The largest absolute Gasteiger partial charge is 0.423 e. The molecule has 4 unspecified atom stereocenters. The van der Waals surface area contributed by atoms with Crippen molar-refractivity contribution in [1.82, 2.24) is 0 Å². The van der Waals surface area contributed by atoms with E-state index in [1.807, 2.05) is 24.3 Å². The van der Waals surface area contributed by atoms with Crippen molar-refractivity contribution in [2.24, 2.45) is 17.8 Å². The van der Waals surface area contributed by atoms with Crippen LogP contribution in [0.2, 0.25) is 0 Å². The molecule has 2 aromatic carbocycles. The van der Waals surface area contributed by atoms with Crippen molar-refractivity contribution in [1.29, 1.82) is 0 Å². The molecule has 2 aromatic rings. The fourth-order valence-corrected chi connectivity index (χ4v) is 6.17. The Morgan fingerprint density at radius 3 is 2.56 bits per heavy atom. The summed E-state index contributed by atoms with van der Waals surface area (Å²) >= 11 is 0. The Morgan fingerprint density at radius 1 is 1.06 bits per heavy atom. The number of unbranched alkanes of at least 4 members (excludes halogenated alkanes) is 1. The zero-order valence-corrected chi connectivity index (χ0v) is 20.6. The van der Waals surface area contributed by atoms with Crippen LogP contribution in [-0.2, 0) is 6.42 Å². The number of allylic oxidation sites excluding steroid dienone is 1. The molecule has 2 fully saturated rings. The van der Waals surface area contributed by atoms with Crippen LogP contribution in [0.25, 0.3) is 0 Å². The lowest BCUT2D eigenvalue weighted by Crippen LogP contribution is -2.30. The normalized spacial score (nSPS) is 24.3. The number of carbonyl (C=O) groups is 1. The first-order valence-electron chi connectivity index (χ1n) is 13.3. The molecule has 0 aliphatic heterocycles. The number of halogens is 1. The molecule has 0 amide bonds. The maximum atomic E-state index is 15.1. The van der Waals surface area contributed by atoms with Crippen LogP contribution >= 0.6 is 0 Å². The molecule has 2 saturated carbocycles. The molecule has 0 N–H and O–H groups in total. The zero-order chi connectivity index (χ0) is 23.9. The second-order valence-electron chi connectivity index (χ2n) is 10.4. The average molecular weight is 463 g/mol. The fraction of sp³-hybridized carbons (Fsp3) is 0.516. The van der Waals surface area contributed by atoms with E-state index in [-0.39, 0.29) is 17.3 Å². The number of rotatable bonds is 9. The molecule has 182 valence electrons. The van der Waals surface area contributed by atoms with Crippen LogP contribution in [0.3, 0.4) is 0 Å². The molecule has 0 aromatic heterocycles. The predicted molar refractivity (Wildman–Crippen MR) is 137 cm³/mol. The van der Waals surface area contributed by atoms with E-state index < -0.39 is 5.97 Å². The van der Waals surface area contributed by atoms with Crippen LogP contribution in [0.4, 0.5) is 4.39 Å². The highest BCUT2D eigenvalue weighted by atomic mass is 19.1. The van der Waals surface area contributed by atoms with Crippen LogP contribution in [-0.4, -0.2) is 5.97 Å². The Bertz CT molecular complexity index is 964. The van der Waals surface area contributed by atoms with Gasteiger partial charge in [-0.1, -0.05) is 56.9 Å². The Balaban J connectivity index is 1.34. The zero-order valence-electron chi connectivity index (χ0n) is 20.6. The van der Waals surface area contributed by atoms with E-state index in [4.69, 9.17) is 4.74 Å². The van der Waals surface area contributed by atoms with Crippen molar-refractivity contribution in [2.75, 3.05) is 0 Å². The Hall–Kier alpha value is -2.42. The smallest absolute Gasteiger partial charge is 0.343 e. The first-order valence-corrected chi connectivity index (χ1v) is 13.3. The number of ether oxygens (including phenoxy) is 1. The first kappa shape index (κ1) is 24.7. The highest BCUT2D eigenvalue weighted by Crippen LogP contribution is 2.48. The molecule has 2 nitrogen and oxygen atoms in total. The molecule has 0 bridgehead atoms. The summed E-state index contributed by atoms with van der Waals surface area (Å²) < 4.78 is 20.6. The van der Waals surface area contributed by atoms with Gasteiger partial charge in [0.2, 0.25) is 0 Å². The van der Waals surface area contributed by atoms with Crippen LogP contribution in [0.5, 0.6) is 5.75 Å². The summed E-state index contributed by atoms with van der Waals surface area (Å²) in [5, 5.41) is 0. The second kappa shape index (κ2) is 11.8. The molecule has 4 atom stereocenters. The van der Waals surface area contributed by atoms with Gasteiger partial charge < -0.3 is 4.74 Å². The van der Waals surface area contributed by atoms with E-state index in [1.54, 1.807) is 18.2 Å². The quantitative estimate of drug-likeness (QED) is 0.212. The summed E-state index contributed by atoms with van der Waals surface area (Å²) in [4.78, 5) is 12.6. The van der Waals surface area contributed by atoms with Gasteiger partial charge in [-0.25, -0.2) is 9.18 Å². The number of benzene rings is 2. The molecule has 0 spiro atoms. The Morgan fingerprint density at radius 2 is 1.82 bits per heavy atom. The van der Waals surface area contributed by atoms with Gasteiger partial charge in [0.05, 0.1) is 5.56 Å². The van der Waals surface area contributed by atoms with Crippen molar-refractivity contribution in [3.05, 3.63) is 77.6 Å². The standard InChI is InChI=1S/C31H39FO2/c1-3-5-7-22-10-16-28(17-11-22)34-31(33)27-15-18-29(30(32)21-27)26-14-13-24-19-23(8-6-4-2)9-12-25(24)20-26/h3,10-11,15-18,21,23-26H,1,4-9,12-14,19-20H2,2H3. The van der Waals surface area contributed by atoms with E-state index in [0.717, 1.165) is 49.0 Å². The van der Waals surface area contributed by atoms with Gasteiger partial charge in [0.15, 0.2) is 0 Å². The third-order valence-corrected chi connectivity index (χ3v) is 8.13. The summed E-state index contributed by atoms with van der Waals surface area (Å²) in [5.74, 6) is 2.42. The number of hydrogen-bond acceptors (Lipinski definition) is 2. The van der Waals surface area contributed by atoms with Gasteiger partial charge in [-0.15, -0.1) is 6.58 Å². The SMILES string of the molecule is C=CCCc1ccc(OC(=O)c2ccc(C3CCC4CC(CCCC)CCC4C3)c(F)c2)cc1. The van der Waals surface area contributed by atoms with Gasteiger partial charge in [0.1, 0.15) is 11.6 Å². The van der Waals surface area contributed by atoms with E-state index >= 15 is 4.39 Å². The molecule has 3 heteroatoms. The number of fused-ring (bicyclic) bond motifs is 1. The lowest BCUT2D eigenvalue weighted by molar-refractivity contribution is 0.0734. The van der Waals surface area contributed by atoms with Crippen LogP contribution < -0.4 is 4.74 Å².